The molecule has 0 aliphatic rings. The zero-order valence-corrected chi connectivity index (χ0v) is 14.2. The lowest BCUT2D eigenvalue weighted by molar-refractivity contribution is -0.116. The van der Waals surface area contributed by atoms with Gasteiger partial charge in [0.25, 0.3) is 0 Å². The number of carbonyl (C=O) groups excluding carboxylic acids is 1. The van der Waals surface area contributed by atoms with Gasteiger partial charge in [-0.25, -0.2) is 0 Å². The SMILES string of the molecule is O=C(CCc1nc(-c2ccco2)no1)Nc1ccc(Cl)c2ncccc12. The average molecular weight is 369 g/mol. The van der Waals surface area contributed by atoms with Gasteiger partial charge < -0.3 is 14.3 Å². The van der Waals surface area contributed by atoms with E-state index in [0.717, 1.165) is 5.39 Å². The molecule has 0 atom stereocenters. The fraction of sp³-hybridized carbons (Fsp3) is 0.111. The van der Waals surface area contributed by atoms with E-state index in [9.17, 15) is 4.79 Å². The van der Waals surface area contributed by atoms with Gasteiger partial charge in [-0.2, -0.15) is 4.98 Å². The minimum atomic E-state index is -0.171. The predicted octanol–water partition coefficient (Wildman–Crippen LogP) is 4.10. The van der Waals surface area contributed by atoms with Crippen LogP contribution in [0.4, 0.5) is 5.69 Å². The third-order valence-electron chi connectivity index (χ3n) is 3.77. The van der Waals surface area contributed by atoms with Crippen molar-refractivity contribution in [2.75, 3.05) is 5.32 Å². The van der Waals surface area contributed by atoms with Gasteiger partial charge in [0.15, 0.2) is 5.76 Å². The molecule has 0 bridgehead atoms. The molecule has 4 rings (SSSR count). The second-order valence-corrected chi connectivity index (χ2v) is 5.94. The fourth-order valence-corrected chi connectivity index (χ4v) is 2.76. The number of nitrogens with zero attached hydrogens (tertiary/aromatic N) is 3. The van der Waals surface area contributed by atoms with Crippen molar-refractivity contribution in [3.63, 3.8) is 0 Å². The third-order valence-corrected chi connectivity index (χ3v) is 4.08. The first-order chi connectivity index (χ1) is 12.7. The van der Waals surface area contributed by atoms with Crippen molar-refractivity contribution in [2.24, 2.45) is 0 Å². The van der Waals surface area contributed by atoms with E-state index in [1.807, 2.05) is 6.07 Å². The summed E-state index contributed by atoms with van der Waals surface area (Å²) >= 11 is 6.14. The molecule has 0 saturated heterocycles. The maximum Gasteiger partial charge on any atom is 0.238 e. The summed E-state index contributed by atoms with van der Waals surface area (Å²) in [5, 5.41) is 8.03. The average Bonchev–Trinajstić information content (AvgIpc) is 3.34. The summed E-state index contributed by atoms with van der Waals surface area (Å²) < 4.78 is 10.4. The van der Waals surface area contributed by atoms with Crippen LogP contribution < -0.4 is 5.32 Å². The zero-order valence-electron chi connectivity index (χ0n) is 13.5. The summed E-state index contributed by atoms with van der Waals surface area (Å²) in [5.41, 5.74) is 1.30. The van der Waals surface area contributed by atoms with Crippen molar-refractivity contribution >= 4 is 34.1 Å². The standard InChI is InChI=1S/C18H13ClN4O3/c19-12-5-6-13(11-3-1-9-20-17(11)12)21-15(24)7-8-16-22-18(23-26-16)14-4-2-10-25-14/h1-6,9-10H,7-8H2,(H,21,24). The van der Waals surface area contributed by atoms with Gasteiger partial charge in [-0.1, -0.05) is 16.8 Å². The first-order valence-corrected chi connectivity index (χ1v) is 8.28. The Kier molecular flexibility index (Phi) is 4.37. The Morgan fingerprint density at radius 3 is 2.96 bits per heavy atom. The molecule has 130 valence electrons. The Labute approximate surface area is 153 Å². The molecule has 1 aromatic carbocycles. The Bertz CT molecular complexity index is 1060. The minimum Gasteiger partial charge on any atom is -0.461 e. The number of pyridine rings is 1. The number of benzene rings is 1. The molecule has 1 amide bonds. The van der Waals surface area contributed by atoms with Gasteiger partial charge in [0.2, 0.25) is 17.6 Å². The number of aromatic nitrogens is 3. The highest BCUT2D eigenvalue weighted by Crippen LogP contribution is 2.28. The van der Waals surface area contributed by atoms with Crippen LogP contribution in [0.2, 0.25) is 5.02 Å². The molecule has 4 aromatic rings. The Morgan fingerprint density at radius 1 is 1.19 bits per heavy atom. The summed E-state index contributed by atoms with van der Waals surface area (Å²) in [6.45, 7) is 0. The molecule has 0 aliphatic heterocycles. The highest BCUT2D eigenvalue weighted by atomic mass is 35.5. The molecule has 7 nitrogen and oxygen atoms in total. The molecule has 0 aliphatic carbocycles. The van der Waals surface area contributed by atoms with Crippen LogP contribution in [0.15, 0.2) is 57.8 Å². The molecule has 3 heterocycles. The molecule has 0 unspecified atom stereocenters. The second kappa shape index (κ2) is 6.97. The predicted molar refractivity (Wildman–Crippen MR) is 95.7 cm³/mol. The van der Waals surface area contributed by atoms with Crippen LogP contribution in [-0.4, -0.2) is 21.0 Å². The third kappa shape index (κ3) is 3.29. The van der Waals surface area contributed by atoms with Gasteiger partial charge in [-0.3, -0.25) is 9.78 Å². The van der Waals surface area contributed by atoms with Crippen molar-refractivity contribution in [1.82, 2.24) is 15.1 Å². The van der Waals surface area contributed by atoms with Crippen LogP contribution in [0, 0.1) is 0 Å². The fourth-order valence-electron chi connectivity index (χ4n) is 2.54. The second-order valence-electron chi connectivity index (χ2n) is 5.53. The quantitative estimate of drug-likeness (QED) is 0.569. The number of rotatable bonds is 5. The summed E-state index contributed by atoms with van der Waals surface area (Å²) in [7, 11) is 0. The summed E-state index contributed by atoms with van der Waals surface area (Å²) in [4.78, 5) is 20.7. The maximum absolute atomic E-state index is 12.3. The number of amides is 1. The first-order valence-electron chi connectivity index (χ1n) is 7.90. The van der Waals surface area contributed by atoms with Gasteiger partial charge in [-0.15, -0.1) is 0 Å². The summed E-state index contributed by atoms with van der Waals surface area (Å²) in [5.74, 6) is 1.08. The number of furan rings is 1. The zero-order chi connectivity index (χ0) is 17.9. The molecule has 8 heteroatoms. The number of hydrogen-bond acceptors (Lipinski definition) is 6. The Hall–Kier alpha value is -3.19. The van der Waals surface area contributed by atoms with E-state index in [0.29, 0.717) is 40.1 Å². The topological polar surface area (TPSA) is 94.0 Å². The van der Waals surface area contributed by atoms with Crippen molar-refractivity contribution in [3.05, 3.63) is 59.8 Å². The summed E-state index contributed by atoms with van der Waals surface area (Å²) in [6, 6.07) is 10.6. The highest BCUT2D eigenvalue weighted by Gasteiger charge is 2.13. The van der Waals surface area contributed by atoms with Gasteiger partial charge in [0.1, 0.15) is 0 Å². The van der Waals surface area contributed by atoms with E-state index >= 15 is 0 Å². The van der Waals surface area contributed by atoms with Crippen LogP contribution in [-0.2, 0) is 11.2 Å². The molecular weight excluding hydrogens is 356 g/mol. The van der Waals surface area contributed by atoms with E-state index in [1.165, 1.54) is 6.26 Å². The molecule has 0 radical (unpaired) electrons. The molecule has 1 N–H and O–H groups in total. The van der Waals surface area contributed by atoms with Gasteiger partial charge in [0.05, 0.1) is 22.5 Å². The van der Waals surface area contributed by atoms with Crippen molar-refractivity contribution in [2.45, 2.75) is 12.8 Å². The van der Waals surface area contributed by atoms with Crippen molar-refractivity contribution in [3.8, 4) is 11.6 Å². The minimum absolute atomic E-state index is 0.171. The lowest BCUT2D eigenvalue weighted by atomic mass is 10.1. The molecule has 0 spiro atoms. The Morgan fingerprint density at radius 2 is 2.12 bits per heavy atom. The van der Waals surface area contributed by atoms with E-state index in [4.69, 9.17) is 20.5 Å². The number of nitrogens with one attached hydrogen (secondary N) is 1. The van der Waals surface area contributed by atoms with E-state index < -0.39 is 0 Å². The Balaban J connectivity index is 1.43. The number of fused-ring (bicyclic) bond motifs is 1. The van der Waals surface area contributed by atoms with Crippen LogP contribution in [0.5, 0.6) is 0 Å². The molecule has 3 aromatic heterocycles. The highest BCUT2D eigenvalue weighted by molar-refractivity contribution is 6.35. The number of hydrogen-bond donors (Lipinski definition) is 1. The number of carbonyl (C=O) groups is 1. The number of anilines is 1. The van der Waals surface area contributed by atoms with E-state index in [1.54, 1.807) is 36.5 Å². The maximum atomic E-state index is 12.3. The van der Waals surface area contributed by atoms with Gasteiger partial charge in [-0.05, 0) is 36.4 Å². The largest absolute Gasteiger partial charge is 0.461 e. The normalized spacial score (nSPS) is 11.0. The number of aryl methyl sites for hydroxylation is 1. The lowest BCUT2D eigenvalue weighted by Crippen LogP contribution is -2.12. The molecule has 26 heavy (non-hydrogen) atoms. The van der Waals surface area contributed by atoms with E-state index in [2.05, 4.69) is 20.4 Å². The van der Waals surface area contributed by atoms with Crippen LogP contribution in [0.1, 0.15) is 12.3 Å². The first kappa shape index (κ1) is 16.3. The van der Waals surface area contributed by atoms with Crippen LogP contribution in [0.3, 0.4) is 0 Å². The van der Waals surface area contributed by atoms with E-state index in [-0.39, 0.29) is 12.3 Å². The van der Waals surface area contributed by atoms with Crippen molar-refractivity contribution in [1.29, 1.82) is 0 Å². The van der Waals surface area contributed by atoms with Gasteiger partial charge in [0, 0.05) is 24.4 Å². The number of halogens is 1. The molecule has 0 saturated carbocycles. The van der Waals surface area contributed by atoms with Crippen LogP contribution in [0.25, 0.3) is 22.5 Å². The summed E-state index contributed by atoms with van der Waals surface area (Å²) in [6.07, 6.45) is 3.71. The lowest BCUT2D eigenvalue weighted by Gasteiger charge is -2.08. The molecule has 0 fully saturated rings. The molecular formula is C18H13ClN4O3. The monoisotopic (exact) mass is 368 g/mol. The van der Waals surface area contributed by atoms with Crippen molar-refractivity contribution < 1.29 is 13.7 Å². The van der Waals surface area contributed by atoms with Crippen LogP contribution >= 0.6 is 11.6 Å². The van der Waals surface area contributed by atoms with Gasteiger partial charge >= 0.3 is 0 Å². The smallest absolute Gasteiger partial charge is 0.238 e.